The SMILES string of the molecule is C[C@H]1CC[C@H](N2C[C@H](O)[C@@H](O)C2)CC1. The lowest BCUT2D eigenvalue weighted by molar-refractivity contribution is 0.0572. The summed E-state index contributed by atoms with van der Waals surface area (Å²) in [5.74, 6) is 0.865. The molecule has 0 spiro atoms. The molecule has 0 bridgehead atoms. The predicted molar refractivity (Wildman–Crippen MR) is 55.0 cm³/mol. The zero-order valence-electron chi connectivity index (χ0n) is 8.89. The van der Waals surface area contributed by atoms with E-state index in [0.29, 0.717) is 19.1 Å². The van der Waals surface area contributed by atoms with E-state index in [9.17, 15) is 10.2 Å². The molecule has 0 amide bonds. The van der Waals surface area contributed by atoms with Crippen LogP contribution in [-0.2, 0) is 0 Å². The lowest BCUT2D eigenvalue weighted by Crippen LogP contribution is -2.37. The molecule has 0 unspecified atom stereocenters. The zero-order chi connectivity index (χ0) is 10.1. The normalized spacial score (nSPS) is 45.6. The van der Waals surface area contributed by atoms with Gasteiger partial charge < -0.3 is 10.2 Å². The van der Waals surface area contributed by atoms with Gasteiger partial charge in [0.05, 0.1) is 12.2 Å². The van der Waals surface area contributed by atoms with Gasteiger partial charge in [-0.05, 0) is 31.6 Å². The first-order valence-electron chi connectivity index (χ1n) is 5.77. The van der Waals surface area contributed by atoms with Gasteiger partial charge in [0.1, 0.15) is 0 Å². The molecule has 1 saturated carbocycles. The number of hydrogen-bond donors (Lipinski definition) is 2. The maximum Gasteiger partial charge on any atom is 0.0938 e. The third-order valence-corrected chi connectivity index (χ3v) is 3.79. The number of rotatable bonds is 1. The van der Waals surface area contributed by atoms with Crippen LogP contribution in [0.1, 0.15) is 32.6 Å². The highest BCUT2D eigenvalue weighted by Crippen LogP contribution is 2.29. The molecule has 3 heteroatoms. The van der Waals surface area contributed by atoms with Crippen LogP contribution in [0.25, 0.3) is 0 Å². The standard InChI is InChI=1S/C11H21NO2/c1-8-2-4-9(5-3-8)12-6-10(13)11(14)7-12/h8-11,13-14H,2-7H2,1H3/t8-,9-,10-,11-/m0/s1. The number of aliphatic hydroxyl groups is 2. The quantitative estimate of drug-likeness (QED) is 0.650. The molecular weight excluding hydrogens is 178 g/mol. The van der Waals surface area contributed by atoms with E-state index in [1.165, 1.54) is 25.7 Å². The molecule has 2 rings (SSSR count). The second kappa shape index (κ2) is 4.17. The molecule has 1 aliphatic carbocycles. The van der Waals surface area contributed by atoms with Crippen LogP contribution in [0.5, 0.6) is 0 Å². The molecule has 1 saturated heterocycles. The largest absolute Gasteiger partial charge is 0.389 e. The fraction of sp³-hybridized carbons (Fsp3) is 1.00. The van der Waals surface area contributed by atoms with Gasteiger partial charge in [-0.1, -0.05) is 6.92 Å². The summed E-state index contributed by atoms with van der Waals surface area (Å²) in [6.07, 6.45) is 4.03. The lowest BCUT2D eigenvalue weighted by atomic mass is 9.87. The summed E-state index contributed by atoms with van der Waals surface area (Å²) in [7, 11) is 0. The summed E-state index contributed by atoms with van der Waals surface area (Å²) in [5, 5.41) is 18.9. The molecule has 0 aromatic rings. The Kier molecular flexibility index (Phi) is 3.10. The van der Waals surface area contributed by atoms with Crippen molar-refractivity contribution in [3.05, 3.63) is 0 Å². The molecule has 14 heavy (non-hydrogen) atoms. The van der Waals surface area contributed by atoms with E-state index in [1.807, 2.05) is 0 Å². The van der Waals surface area contributed by atoms with Gasteiger partial charge in [0.25, 0.3) is 0 Å². The van der Waals surface area contributed by atoms with Gasteiger partial charge in [-0.25, -0.2) is 0 Å². The molecule has 1 aliphatic heterocycles. The van der Waals surface area contributed by atoms with E-state index in [-0.39, 0.29) is 0 Å². The van der Waals surface area contributed by atoms with Crippen molar-refractivity contribution in [2.75, 3.05) is 13.1 Å². The maximum absolute atomic E-state index is 9.46. The van der Waals surface area contributed by atoms with Crippen molar-refractivity contribution in [1.82, 2.24) is 4.90 Å². The van der Waals surface area contributed by atoms with Gasteiger partial charge in [0, 0.05) is 19.1 Å². The van der Waals surface area contributed by atoms with Gasteiger partial charge in [0.15, 0.2) is 0 Å². The topological polar surface area (TPSA) is 43.7 Å². The Bertz CT molecular complexity index is 180. The Morgan fingerprint density at radius 2 is 1.43 bits per heavy atom. The van der Waals surface area contributed by atoms with Crippen LogP contribution in [0.15, 0.2) is 0 Å². The Morgan fingerprint density at radius 1 is 0.929 bits per heavy atom. The minimum Gasteiger partial charge on any atom is -0.389 e. The second-order valence-corrected chi connectivity index (χ2v) is 5.00. The zero-order valence-corrected chi connectivity index (χ0v) is 8.89. The highest BCUT2D eigenvalue weighted by Gasteiger charge is 2.34. The number of hydrogen-bond acceptors (Lipinski definition) is 3. The Labute approximate surface area is 85.7 Å². The summed E-state index contributed by atoms with van der Waals surface area (Å²) < 4.78 is 0. The summed E-state index contributed by atoms with van der Waals surface area (Å²) in [4.78, 5) is 2.27. The van der Waals surface area contributed by atoms with E-state index < -0.39 is 12.2 Å². The molecule has 2 N–H and O–H groups in total. The van der Waals surface area contributed by atoms with Gasteiger partial charge >= 0.3 is 0 Å². The Balaban J connectivity index is 1.85. The third kappa shape index (κ3) is 2.10. The van der Waals surface area contributed by atoms with Crippen LogP contribution in [0, 0.1) is 5.92 Å². The van der Waals surface area contributed by atoms with Crippen molar-refractivity contribution < 1.29 is 10.2 Å². The fourth-order valence-corrected chi connectivity index (χ4v) is 2.70. The minimum absolute atomic E-state index is 0.519. The molecule has 1 heterocycles. The van der Waals surface area contributed by atoms with Crippen LogP contribution < -0.4 is 0 Å². The molecule has 0 aromatic heterocycles. The molecular formula is C11H21NO2. The van der Waals surface area contributed by atoms with Crippen molar-refractivity contribution in [3.8, 4) is 0 Å². The molecule has 2 fully saturated rings. The smallest absolute Gasteiger partial charge is 0.0938 e. The van der Waals surface area contributed by atoms with Gasteiger partial charge in [-0.3, -0.25) is 4.90 Å². The Hall–Kier alpha value is -0.120. The summed E-state index contributed by atoms with van der Waals surface area (Å²) >= 11 is 0. The Morgan fingerprint density at radius 3 is 1.93 bits per heavy atom. The monoisotopic (exact) mass is 199 g/mol. The maximum atomic E-state index is 9.46. The van der Waals surface area contributed by atoms with Gasteiger partial charge in [-0.2, -0.15) is 0 Å². The van der Waals surface area contributed by atoms with Crippen molar-refractivity contribution in [2.45, 2.75) is 50.9 Å². The number of likely N-dealkylation sites (tertiary alicyclic amines) is 1. The van der Waals surface area contributed by atoms with Crippen LogP contribution in [0.4, 0.5) is 0 Å². The van der Waals surface area contributed by atoms with Crippen molar-refractivity contribution in [2.24, 2.45) is 5.92 Å². The minimum atomic E-state index is -0.519. The molecule has 0 radical (unpaired) electrons. The second-order valence-electron chi connectivity index (χ2n) is 5.00. The van der Waals surface area contributed by atoms with Gasteiger partial charge in [0.2, 0.25) is 0 Å². The molecule has 3 nitrogen and oxygen atoms in total. The van der Waals surface area contributed by atoms with Crippen molar-refractivity contribution in [1.29, 1.82) is 0 Å². The van der Waals surface area contributed by atoms with Gasteiger partial charge in [-0.15, -0.1) is 0 Å². The van der Waals surface area contributed by atoms with Crippen LogP contribution >= 0.6 is 0 Å². The average molecular weight is 199 g/mol. The highest BCUT2D eigenvalue weighted by molar-refractivity contribution is 4.89. The van der Waals surface area contributed by atoms with Crippen molar-refractivity contribution in [3.63, 3.8) is 0 Å². The molecule has 2 atom stereocenters. The molecule has 82 valence electrons. The van der Waals surface area contributed by atoms with Crippen LogP contribution in [0.3, 0.4) is 0 Å². The predicted octanol–water partition coefficient (Wildman–Crippen LogP) is 0.602. The first-order chi connectivity index (χ1) is 6.66. The van der Waals surface area contributed by atoms with Crippen molar-refractivity contribution >= 4 is 0 Å². The van der Waals surface area contributed by atoms with E-state index in [0.717, 1.165) is 5.92 Å². The van der Waals surface area contributed by atoms with E-state index >= 15 is 0 Å². The first-order valence-corrected chi connectivity index (χ1v) is 5.77. The van der Waals surface area contributed by atoms with E-state index in [2.05, 4.69) is 11.8 Å². The summed E-state index contributed by atoms with van der Waals surface area (Å²) in [6.45, 7) is 3.64. The fourth-order valence-electron chi connectivity index (χ4n) is 2.70. The summed E-state index contributed by atoms with van der Waals surface area (Å²) in [5.41, 5.74) is 0. The first kappa shape index (κ1) is 10.4. The van der Waals surface area contributed by atoms with Crippen LogP contribution in [-0.4, -0.2) is 46.5 Å². The third-order valence-electron chi connectivity index (χ3n) is 3.79. The number of nitrogens with zero attached hydrogens (tertiary/aromatic N) is 1. The lowest BCUT2D eigenvalue weighted by Gasteiger charge is -2.33. The number of aliphatic hydroxyl groups excluding tert-OH is 2. The molecule has 0 aromatic carbocycles. The highest BCUT2D eigenvalue weighted by atomic mass is 16.3. The van der Waals surface area contributed by atoms with E-state index in [1.54, 1.807) is 0 Å². The summed E-state index contributed by atoms with van der Waals surface area (Å²) in [6, 6.07) is 0.609. The van der Waals surface area contributed by atoms with E-state index in [4.69, 9.17) is 0 Å². The molecule has 2 aliphatic rings. The van der Waals surface area contributed by atoms with Crippen LogP contribution in [0.2, 0.25) is 0 Å². The number of β-amino-alcohol motifs (C(OH)–C–C–N with tert-alkyl or cyclic N) is 2. The average Bonchev–Trinajstić information content (AvgIpc) is 2.48.